The molecular formula is C18H22BrNO2. The van der Waals surface area contributed by atoms with Gasteiger partial charge in [0.2, 0.25) is 0 Å². The molecule has 3 nitrogen and oxygen atoms in total. The van der Waals surface area contributed by atoms with Crippen LogP contribution in [0.4, 0.5) is 0 Å². The second kappa shape index (κ2) is 8.20. The van der Waals surface area contributed by atoms with Gasteiger partial charge in [0.15, 0.2) is 0 Å². The Morgan fingerprint density at radius 1 is 0.955 bits per heavy atom. The molecule has 0 radical (unpaired) electrons. The third-order valence-corrected chi connectivity index (χ3v) is 3.94. The molecule has 1 N–H and O–H groups in total. The molecule has 0 saturated carbocycles. The van der Waals surface area contributed by atoms with Gasteiger partial charge in [-0.15, -0.1) is 0 Å². The van der Waals surface area contributed by atoms with Crippen LogP contribution < -0.4 is 14.8 Å². The molecule has 0 aliphatic heterocycles. The van der Waals surface area contributed by atoms with Crippen LogP contribution in [0, 0.1) is 13.8 Å². The summed E-state index contributed by atoms with van der Waals surface area (Å²) in [7, 11) is 1.93. The quantitative estimate of drug-likeness (QED) is 0.746. The Balaban J connectivity index is 1.85. The van der Waals surface area contributed by atoms with E-state index in [4.69, 9.17) is 9.47 Å². The van der Waals surface area contributed by atoms with E-state index < -0.39 is 0 Å². The second-order valence-corrected chi connectivity index (χ2v) is 6.12. The van der Waals surface area contributed by atoms with E-state index in [9.17, 15) is 0 Å². The first-order valence-corrected chi connectivity index (χ1v) is 8.15. The van der Waals surface area contributed by atoms with Gasteiger partial charge in [-0.3, -0.25) is 0 Å². The van der Waals surface area contributed by atoms with E-state index in [-0.39, 0.29) is 0 Å². The van der Waals surface area contributed by atoms with Gasteiger partial charge >= 0.3 is 0 Å². The monoisotopic (exact) mass is 363 g/mol. The van der Waals surface area contributed by atoms with Gasteiger partial charge < -0.3 is 14.8 Å². The Morgan fingerprint density at radius 3 is 2.36 bits per heavy atom. The van der Waals surface area contributed by atoms with Crippen molar-refractivity contribution in [2.45, 2.75) is 20.4 Å². The minimum atomic E-state index is 0.511. The second-order valence-electron chi connectivity index (χ2n) is 5.26. The normalized spacial score (nSPS) is 10.5. The van der Waals surface area contributed by atoms with E-state index in [1.807, 2.05) is 20.0 Å². The van der Waals surface area contributed by atoms with Crippen LogP contribution in [-0.2, 0) is 6.54 Å². The summed E-state index contributed by atoms with van der Waals surface area (Å²) >= 11 is 3.54. The summed E-state index contributed by atoms with van der Waals surface area (Å²) in [5.74, 6) is 1.76. The summed E-state index contributed by atoms with van der Waals surface area (Å²) in [6.45, 7) is 5.99. The number of rotatable bonds is 7. The fourth-order valence-electron chi connectivity index (χ4n) is 2.14. The Kier molecular flexibility index (Phi) is 6.28. The lowest BCUT2D eigenvalue weighted by molar-refractivity contribution is 0.215. The number of nitrogens with one attached hydrogen (secondary N) is 1. The van der Waals surface area contributed by atoms with E-state index in [1.54, 1.807) is 0 Å². The van der Waals surface area contributed by atoms with Gasteiger partial charge in [0.25, 0.3) is 0 Å². The highest BCUT2D eigenvalue weighted by atomic mass is 79.9. The van der Waals surface area contributed by atoms with Crippen LogP contribution in [0.5, 0.6) is 11.5 Å². The first-order valence-electron chi connectivity index (χ1n) is 7.36. The van der Waals surface area contributed by atoms with Gasteiger partial charge in [-0.25, -0.2) is 0 Å². The van der Waals surface area contributed by atoms with Crippen molar-refractivity contribution in [3.05, 3.63) is 57.6 Å². The molecule has 0 fully saturated rings. The number of aryl methyl sites for hydroxylation is 2. The maximum atomic E-state index is 5.79. The maximum Gasteiger partial charge on any atom is 0.133 e. The van der Waals surface area contributed by atoms with E-state index >= 15 is 0 Å². The lowest BCUT2D eigenvalue weighted by Crippen LogP contribution is -2.10. The van der Waals surface area contributed by atoms with Gasteiger partial charge in [-0.1, -0.05) is 18.2 Å². The largest absolute Gasteiger partial charge is 0.490 e. The molecule has 0 heterocycles. The fourth-order valence-corrected chi connectivity index (χ4v) is 2.68. The van der Waals surface area contributed by atoms with Gasteiger partial charge in [0.1, 0.15) is 24.7 Å². The summed E-state index contributed by atoms with van der Waals surface area (Å²) in [6, 6.07) is 12.3. The van der Waals surface area contributed by atoms with Crippen molar-refractivity contribution in [2.75, 3.05) is 20.3 Å². The predicted molar refractivity (Wildman–Crippen MR) is 93.8 cm³/mol. The van der Waals surface area contributed by atoms with E-state index in [1.165, 1.54) is 11.1 Å². The van der Waals surface area contributed by atoms with Crippen LogP contribution in [0.1, 0.15) is 16.7 Å². The summed E-state index contributed by atoms with van der Waals surface area (Å²) in [5.41, 5.74) is 3.56. The van der Waals surface area contributed by atoms with E-state index in [0.29, 0.717) is 13.2 Å². The number of ether oxygens (including phenoxy) is 2. The van der Waals surface area contributed by atoms with Crippen molar-refractivity contribution in [1.29, 1.82) is 0 Å². The maximum absolute atomic E-state index is 5.79. The van der Waals surface area contributed by atoms with Crippen LogP contribution >= 0.6 is 15.9 Å². The molecule has 2 rings (SSSR count). The molecule has 0 atom stereocenters. The highest BCUT2D eigenvalue weighted by Crippen LogP contribution is 2.26. The molecular weight excluding hydrogens is 342 g/mol. The van der Waals surface area contributed by atoms with Crippen LogP contribution in [0.3, 0.4) is 0 Å². The molecule has 2 aromatic carbocycles. The molecule has 118 valence electrons. The molecule has 22 heavy (non-hydrogen) atoms. The summed E-state index contributed by atoms with van der Waals surface area (Å²) in [5, 5.41) is 3.13. The average Bonchev–Trinajstić information content (AvgIpc) is 2.49. The topological polar surface area (TPSA) is 30.5 Å². The molecule has 4 heteroatoms. The zero-order valence-corrected chi connectivity index (χ0v) is 14.9. The lowest BCUT2D eigenvalue weighted by Gasteiger charge is -2.12. The van der Waals surface area contributed by atoms with E-state index in [2.05, 4.69) is 58.5 Å². The minimum absolute atomic E-state index is 0.511. The van der Waals surface area contributed by atoms with Crippen molar-refractivity contribution in [2.24, 2.45) is 0 Å². The lowest BCUT2D eigenvalue weighted by atomic mass is 10.1. The first-order chi connectivity index (χ1) is 10.6. The molecule has 0 bridgehead atoms. The Labute approximate surface area is 140 Å². The van der Waals surface area contributed by atoms with Gasteiger partial charge in [0.05, 0.1) is 4.47 Å². The van der Waals surface area contributed by atoms with Gasteiger partial charge in [0, 0.05) is 6.54 Å². The van der Waals surface area contributed by atoms with Crippen LogP contribution in [0.25, 0.3) is 0 Å². The highest BCUT2D eigenvalue weighted by Gasteiger charge is 2.04. The molecule has 0 saturated heterocycles. The first kappa shape index (κ1) is 16.8. The molecule has 0 aromatic heterocycles. The molecule has 0 amide bonds. The van der Waals surface area contributed by atoms with Crippen LogP contribution in [0.2, 0.25) is 0 Å². The summed E-state index contributed by atoms with van der Waals surface area (Å²) in [4.78, 5) is 0. The predicted octanol–water partition coefficient (Wildman–Crippen LogP) is 4.24. The zero-order valence-electron chi connectivity index (χ0n) is 13.3. The Bertz CT molecular complexity index is 628. The number of hydrogen-bond acceptors (Lipinski definition) is 3. The third-order valence-electron chi connectivity index (χ3n) is 3.32. The number of hydrogen-bond donors (Lipinski definition) is 1. The summed E-state index contributed by atoms with van der Waals surface area (Å²) < 4.78 is 12.5. The summed E-state index contributed by atoms with van der Waals surface area (Å²) in [6.07, 6.45) is 0. The average molecular weight is 364 g/mol. The van der Waals surface area contributed by atoms with Crippen molar-refractivity contribution in [3.63, 3.8) is 0 Å². The highest BCUT2D eigenvalue weighted by molar-refractivity contribution is 9.10. The molecule has 0 aliphatic rings. The zero-order chi connectivity index (χ0) is 15.9. The standard InChI is InChI=1S/C18H22BrNO2/c1-13-4-5-14(2)18(10-13)22-9-8-21-17-7-6-15(12-20-3)11-16(17)19/h4-7,10-11,20H,8-9,12H2,1-3H3. The Morgan fingerprint density at radius 2 is 1.68 bits per heavy atom. The molecule has 0 unspecified atom stereocenters. The fraction of sp³-hybridized carbons (Fsp3) is 0.333. The molecule has 0 aliphatic carbocycles. The molecule has 2 aromatic rings. The minimum Gasteiger partial charge on any atom is -0.490 e. The SMILES string of the molecule is CNCc1ccc(OCCOc2cc(C)ccc2C)c(Br)c1. The van der Waals surface area contributed by atoms with Gasteiger partial charge in [-0.05, 0) is 71.7 Å². The van der Waals surface area contributed by atoms with Crippen LogP contribution in [-0.4, -0.2) is 20.3 Å². The number of benzene rings is 2. The van der Waals surface area contributed by atoms with Crippen molar-refractivity contribution >= 4 is 15.9 Å². The third kappa shape index (κ3) is 4.75. The van der Waals surface area contributed by atoms with Gasteiger partial charge in [-0.2, -0.15) is 0 Å². The molecule has 0 spiro atoms. The van der Waals surface area contributed by atoms with E-state index in [0.717, 1.165) is 28.1 Å². The number of halogens is 1. The van der Waals surface area contributed by atoms with Crippen LogP contribution in [0.15, 0.2) is 40.9 Å². The van der Waals surface area contributed by atoms with Crippen molar-refractivity contribution in [3.8, 4) is 11.5 Å². The smallest absolute Gasteiger partial charge is 0.133 e. The van der Waals surface area contributed by atoms with Crippen molar-refractivity contribution in [1.82, 2.24) is 5.32 Å². The Hall–Kier alpha value is -1.52. The van der Waals surface area contributed by atoms with Crippen molar-refractivity contribution < 1.29 is 9.47 Å².